The Balaban J connectivity index is 2.19. The number of benzene rings is 3. The Kier molecular flexibility index (Phi) is 8.32. The zero-order valence-corrected chi connectivity index (χ0v) is 21.6. The summed E-state index contributed by atoms with van der Waals surface area (Å²) < 4.78 is 26.3. The minimum atomic E-state index is -4.04. The van der Waals surface area contributed by atoms with E-state index in [2.05, 4.69) is 0 Å². The van der Waals surface area contributed by atoms with Crippen molar-refractivity contribution in [2.75, 3.05) is 38.0 Å². The van der Waals surface area contributed by atoms with Gasteiger partial charge in [0, 0.05) is 39.6 Å². The summed E-state index contributed by atoms with van der Waals surface area (Å²) >= 11 is 0. The standard InChI is InChI=1S/C29H28N4O2S/c1-32(2)26-14-10-23(11-15-26)28(24-12-16-27(17-13-24)33(3)4)18-25(19-30)29(20-31)36(34,35)21-22-8-6-5-7-9-22/h5-18H,21H2,1-4H3. The van der Waals surface area contributed by atoms with E-state index in [0.717, 1.165) is 22.5 Å². The van der Waals surface area contributed by atoms with Gasteiger partial charge in [0.15, 0.2) is 14.7 Å². The van der Waals surface area contributed by atoms with Crippen LogP contribution >= 0.6 is 0 Å². The van der Waals surface area contributed by atoms with Crippen molar-refractivity contribution >= 4 is 26.8 Å². The molecule has 0 unspecified atom stereocenters. The first-order valence-corrected chi connectivity index (χ1v) is 12.9. The van der Waals surface area contributed by atoms with Crippen molar-refractivity contribution in [1.29, 1.82) is 10.5 Å². The van der Waals surface area contributed by atoms with Gasteiger partial charge in [-0.1, -0.05) is 54.6 Å². The molecule has 0 bridgehead atoms. The van der Waals surface area contributed by atoms with Crippen LogP contribution in [0.2, 0.25) is 0 Å². The molecule has 3 aromatic rings. The Morgan fingerprint density at radius 2 is 1.22 bits per heavy atom. The molecule has 36 heavy (non-hydrogen) atoms. The molecule has 0 radical (unpaired) electrons. The normalized spacial score (nSPS) is 11.5. The van der Waals surface area contributed by atoms with Gasteiger partial charge in [-0.15, -0.1) is 0 Å². The van der Waals surface area contributed by atoms with Crippen molar-refractivity contribution < 1.29 is 8.42 Å². The van der Waals surface area contributed by atoms with Crippen LogP contribution < -0.4 is 9.80 Å². The van der Waals surface area contributed by atoms with Gasteiger partial charge in [-0.25, -0.2) is 8.42 Å². The van der Waals surface area contributed by atoms with E-state index in [1.54, 1.807) is 36.4 Å². The minimum Gasteiger partial charge on any atom is -0.378 e. The molecular formula is C29H28N4O2S. The lowest BCUT2D eigenvalue weighted by molar-refractivity contribution is 0.602. The molecule has 0 saturated carbocycles. The Morgan fingerprint density at radius 3 is 1.61 bits per heavy atom. The lowest BCUT2D eigenvalue weighted by Crippen LogP contribution is -2.09. The Hall–Kier alpha value is -4.33. The summed E-state index contributed by atoms with van der Waals surface area (Å²) in [4.78, 5) is 3.41. The molecule has 182 valence electrons. The fourth-order valence-electron chi connectivity index (χ4n) is 3.67. The Morgan fingerprint density at radius 1 is 0.750 bits per heavy atom. The summed E-state index contributed by atoms with van der Waals surface area (Å²) in [6, 6.07) is 27.8. The predicted molar refractivity (Wildman–Crippen MR) is 146 cm³/mol. The van der Waals surface area contributed by atoms with E-state index >= 15 is 0 Å². The van der Waals surface area contributed by atoms with Crippen LogP contribution in [-0.4, -0.2) is 36.6 Å². The molecule has 3 rings (SSSR count). The molecule has 7 heteroatoms. The zero-order valence-electron chi connectivity index (χ0n) is 20.8. The van der Waals surface area contributed by atoms with Gasteiger partial charge in [-0.3, -0.25) is 0 Å². The van der Waals surface area contributed by atoms with Crippen LogP contribution in [0, 0.1) is 22.7 Å². The highest BCUT2D eigenvalue weighted by molar-refractivity contribution is 7.94. The molecule has 0 aliphatic rings. The maximum absolute atomic E-state index is 13.2. The average Bonchev–Trinajstić information content (AvgIpc) is 2.87. The van der Waals surface area contributed by atoms with Gasteiger partial charge in [0.2, 0.25) is 0 Å². The number of hydrogen-bond donors (Lipinski definition) is 0. The highest BCUT2D eigenvalue weighted by Gasteiger charge is 2.23. The third-order valence-corrected chi connectivity index (χ3v) is 7.30. The fourth-order valence-corrected chi connectivity index (χ4v) is 5.02. The number of nitrogens with zero attached hydrogens (tertiary/aromatic N) is 4. The molecule has 0 aliphatic heterocycles. The van der Waals surface area contributed by atoms with Crippen LogP contribution in [0.25, 0.3) is 5.57 Å². The highest BCUT2D eigenvalue weighted by atomic mass is 32.2. The van der Waals surface area contributed by atoms with E-state index in [-0.39, 0.29) is 11.3 Å². The number of rotatable bonds is 8. The number of anilines is 2. The van der Waals surface area contributed by atoms with Crippen LogP contribution in [0.15, 0.2) is 95.4 Å². The van der Waals surface area contributed by atoms with E-state index in [0.29, 0.717) is 11.1 Å². The maximum Gasteiger partial charge on any atom is 0.193 e. The molecule has 6 nitrogen and oxygen atoms in total. The summed E-state index contributed by atoms with van der Waals surface area (Å²) in [5.41, 5.74) is 4.58. The molecule has 0 atom stereocenters. The summed E-state index contributed by atoms with van der Waals surface area (Å²) in [5, 5.41) is 19.8. The van der Waals surface area contributed by atoms with Crippen LogP contribution in [0.4, 0.5) is 11.4 Å². The lowest BCUT2D eigenvalue weighted by atomic mass is 9.95. The van der Waals surface area contributed by atoms with Crippen LogP contribution in [0.1, 0.15) is 16.7 Å². The Labute approximate surface area is 213 Å². The second-order valence-electron chi connectivity index (χ2n) is 8.65. The molecule has 0 amide bonds. The average molecular weight is 497 g/mol. The van der Waals surface area contributed by atoms with Crippen molar-refractivity contribution in [3.8, 4) is 12.1 Å². The number of hydrogen-bond acceptors (Lipinski definition) is 6. The van der Waals surface area contributed by atoms with Gasteiger partial charge >= 0.3 is 0 Å². The molecular weight excluding hydrogens is 468 g/mol. The fraction of sp³-hybridized carbons (Fsp3) is 0.172. The third-order valence-electron chi connectivity index (χ3n) is 5.66. The summed E-state index contributed by atoms with van der Waals surface area (Å²) in [6.07, 6.45) is 1.50. The first-order chi connectivity index (χ1) is 17.2. The SMILES string of the molecule is CN(C)c1ccc(C(=CC(C#N)=C(C#N)S(=O)(=O)Cc2ccccc2)c2ccc(N(C)C)cc2)cc1. The molecule has 0 spiro atoms. The minimum absolute atomic E-state index is 0.197. The number of allylic oxidation sites excluding steroid dienone is 3. The smallest absolute Gasteiger partial charge is 0.193 e. The highest BCUT2D eigenvalue weighted by Crippen LogP contribution is 2.30. The van der Waals surface area contributed by atoms with Crippen molar-refractivity contribution in [3.63, 3.8) is 0 Å². The quantitative estimate of drug-likeness (QED) is 0.316. The molecule has 0 heterocycles. The molecule has 3 aromatic carbocycles. The van der Waals surface area contributed by atoms with Crippen molar-refractivity contribution in [1.82, 2.24) is 0 Å². The van der Waals surface area contributed by atoms with E-state index in [4.69, 9.17) is 0 Å². The van der Waals surface area contributed by atoms with E-state index in [9.17, 15) is 18.9 Å². The van der Waals surface area contributed by atoms with Crippen LogP contribution in [0.3, 0.4) is 0 Å². The van der Waals surface area contributed by atoms with E-state index < -0.39 is 14.7 Å². The van der Waals surface area contributed by atoms with E-state index in [1.165, 1.54) is 6.08 Å². The van der Waals surface area contributed by atoms with Crippen molar-refractivity contribution in [2.24, 2.45) is 0 Å². The van der Waals surface area contributed by atoms with Crippen molar-refractivity contribution in [2.45, 2.75) is 5.75 Å². The van der Waals surface area contributed by atoms with Crippen molar-refractivity contribution in [3.05, 3.63) is 112 Å². The molecule has 0 N–H and O–H groups in total. The molecule has 0 aromatic heterocycles. The number of sulfone groups is 1. The van der Waals surface area contributed by atoms with Gasteiger partial charge in [-0.2, -0.15) is 10.5 Å². The first kappa shape index (κ1) is 26.3. The lowest BCUT2D eigenvalue weighted by Gasteiger charge is -2.16. The molecule has 0 saturated heterocycles. The number of nitriles is 2. The largest absolute Gasteiger partial charge is 0.378 e. The third kappa shape index (κ3) is 6.21. The maximum atomic E-state index is 13.2. The zero-order chi connectivity index (χ0) is 26.3. The van der Waals surface area contributed by atoms with Gasteiger partial charge in [0.25, 0.3) is 0 Å². The predicted octanol–water partition coefficient (Wildman–Crippen LogP) is 5.17. The topological polar surface area (TPSA) is 88.2 Å². The van der Waals surface area contributed by atoms with Crippen LogP contribution in [-0.2, 0) is 15.6 Å². The second-order valence-corrected chi connectivity index (χ2v) is 10.6. The molecule has 0 aliphatic carbocycles. The molecule has 0 fully saturated rings. The monoisotopic (exact) mass is 496 g/mol. The van der Waals surface area contributed by atoms with Gasteiger partial charge in [0.1, 0.15) is 12.1 Å². The van der Waals surface area contributed by atoms with Crippen LogP contribution in [0.5, 0.6) is 0 Å². The van der Waals surface area contributed by atoms with E-state index in [1.807, 2.05) is 92.6 Å². The summed E-state index contributed by atoms with van der Waals surface area (Å²) in [7, 11) is 3.73. The van der Waals surface area contributed by atoms with Gasteiger partial charge < -0.3 is 9.80 Å². The summed E-state index contributed by atoms with van der Waals surface area (Å²) in [6.45, 7) is 0. The second kappa shape index (κ2) is 11.4. The van der Waals surface area contributed by atoms with Gasteiger partial charge in [-0.05, 0) is 52.6 Å². The summed E-state index contributed by atoms with van der Waals surface area (Å²) in [5.74, 6) is -0.361. The van der Waals surface area contributed by atoms with Gasteiger partial charge in [0.05, 0.1) is 11.3 Å². The first-order valence-electron chi connectivity index (χ1n) is 11.2. The Bertz CT molecular complexity index is 1400.